The second-order valence-electron chi connectivity index (χ2n) is 9.78. The van der Waals surface area contributed by atoms with E-state index in [1.54, 1.807) is 6.07 Å². The predicted octanol–water partition coefficient (Wildman–Crippen LogP) is 3.69. The summed E-state index contributed by atoms with van der Waals surface area (Å²) >= 11 is 0. The molecule has 0 radical (unpaired) electrons. The molecule has 1 aliphatic heterocycles. The van der Waals surface area contributed by atoms with Crippen molar-refractivity contribution < 1.29 is 22.8 Å². The van der Waals surface area contributed by atoms with E-state index >= 15 is 0 Å². The number of aryl methyl sites for hydroxylation is 1. The smallest absolute Gasteiger partial charge is 0.269 e. The lowest BCUT2D eigenvalue weighted by molar-refractivity contribution is -0.141. The standard InChI is InChI=1S/C30H33N3O5S/c1-4-22(3)31-29(35)26(18-23-13-6-5-7-14-23)32(19-24-15-9-8-12-21(24)2)28(34)20-33-30(36)25-16-10-11-17-27(25)39(33,37)38/h5-17,22,26H,4,18-20H2,1-3H3,(H,31,35)/t22-,26+/m0/s1. The number of rotatable bonds is 10. The first-order valence-corrected chi connectivity index (χ1v) is 14.4. The minimum absolute atomic E-state index is 0.0334. The molecule has 0 aliphatic carbocycles. The predicted molar refractivity (Wildman–Crippen MR) is 148 cm³/mol. The Bertz CT molecular complexity index is 1470. The number of fused-ring (bicyclic) bond motifs is 1. The second kappa shape index (κ2) is 11.8. The Labute approximate surface area is 229 Å². The molecule has 39 heavy (non-hydrogen) atoms. The zero-order valence-corrected chi connectivity index (χ0v) is 23.1. The van der Waals surface area contributed by atoms with E-state index in [0.717, 1.165) is 16.7 Å². The van der Waals surface area contributed by atoms with Gasteiger partial charge in [-0.05, 0) is 49.1 Å². The highest BCUT2D eigenvalue weighted by molar-refractivity contribution is 7.90. The monoisotopic (exact) mass is 547 g/mol. The fourth-order valence-electron chi connectivity index (χ4n) is 4.57. The minimum atomic E-state index is -4.20. The van der Waals surface area contributed by atoms with Gasteiger partial charge in [-0.15, -0.1) is 0 Å². The molecule has 3 aromatic carbocycles. The number of carbonyl (C=O) groups excluding carboxylic acids is 3. The third kappa shape index (κ3) is 6.04. The van der Waals surface area contributed by atoms with Gasteiger partial charge in [-0.2, -0.15) is 0 Å². The Morgan fingerprint density at radius 1 is 0.949 bits per heavy atom. The summed E-state index contributed by atoms with van der Waals surface area (Å²) in [7, 11) is -4.20. The Morgan fingerprint density at radius 2 is 1.59 bits per heavy atom. The van der Waals surface area contributed by atoms with Crippen LogP contribution in [0.1, 0.15) is 47.3 Å². The summed E-state index contributed by atoms with van der Waals surface area (Å²) in [6.07, 6.45) is 0.927. The lowest BCUT2D eigenvalue weighted by atomic mass is 10.0. The van der Waals surface area contributed by atoms with Crippen LogP contribution in [0, 0.1) is 6.92 Å². The van der Waals surface area contributed by atoms with Crippen molar-refractivity contribution in [2.75, 3.05) is 6.54 Å². The molecule has 0 fully saturated rings. The third-order valence-corrected chi connectivity index (χ3v) is 8.85. The molecule has 1 aliphatic rings. The second-order valence-corrected chi connectivity index (χ2v) is 11.6. The molecule has 0 unspecified atom stereocenters. The highest BCUT2D eigenvalue weighted by Gasteiger charge is 2.43. The van der Waals surface area contributed by atoms with Crippen LogP contribution in [0.4, 0.5) is 0 Å². The number of amides is 3. The van der Waals surface area contributed by atoms with Gasteiger partial charge in [0, 0.05) is 19.0 Å². The first-order valence-electron chi connectivity index (χ1n) is 13.0. The summed E-state index contributed by atoms with van der Waals surface area (Å²) in [6.45, 7) is 5.12. The summed E-state index contributed by atoms with van der Waals surface area (Å²) in [5.74, 6) is -1.73. The van der Waals surface area contributed by atoms with Gasteiger partial charge in [-0.1, -0.05) is 73.7 Å². The highest BCUT2D eigenvalue weighted by Crippen LogP contribution is 2.30. The van der Waals surface area contributed by atoms with Crippen molar-refractivity contribution in [3.05, 3.63) is 101 Å². The highest BCUT2D eigenvalue weighted by atomic mass is 32.2. The van der Waals surface area contributed by atoms with Crippen LogP contribution in [0.2, 0.25) is 0 Å². The van der Waals surface area contributed by atoms with Crippen molar-refractivity contribution in [2.24, 2.45) is 0 Å². The minimum Gasteiger partial charge on any atom is -0.352 e. The summed E-state index contributed by atoms with van der Waals surface area (Å²) in [5, 5.41) is 2.99. The number of hydrogen-bond donors (Lipinski definition) is 1. The summed E-state index contributed by atoms with van der Waals surface area (Å²) in [5.41, 5.74) is 2.63. The number of nitrogens with zero attached hydrogens (tertiary/aromatic N) is 2. The van der Waals surface area contributed by atoms with Gasteiger partial charge in [0.15, 0.2) is 0 Å². The molecule has 0 bridgehead atoms. The normalized spacial score (nSPS) is 15.4. The molecular weight excluding hydrogens is 514 g/mol. The molecule has 9 heteroatoms. The number of sulfonamides is 1. The van der Waals surface area contributed by atoms with Crippen molar-refractivity contribution in [1.82, 2.24) is 14.5 Å². The molecule has 0 spiro atoms. The average Bonchev–Trinajstić information content (AvgIpc) is 3.12. The number of nitrogens with one attached hydrogen (secondary N) is 1. The van der Waals surface area contributed by atoms with Gasteiger partial charge in [-0.3, -0.25) is 14.4 Å². The Hall–Kier alpha value is -3.98. The Balaban J connectivity index is 1.73. The molecule has 3 aromatic rings. The van der Waals surface area contributed by atoms with Gasteiger partial charge >= 0.3 is 0 Å². The van der Waals surface area contributed by atoms with Crippen molar-refractivity contribution in [3.63, 3.8) is 0 Å². The fourth-order valence-corrected chi connectivity index (χ4v) is 6.09. The van der Waals surface area contributed by atoms with Gasteiger partial charge < -0.3 is 10.2 Å². The van der Waals surface area contributed by atoms with Crippen LogP contribution in [0.5, 0.6) is 0 Å². The molecule has 0 aromatic heterocycles. The van der Waals surface area contributed by atoms with Crippen molar-refractivity contribution in [2.45, 2.75) is 57.1 Å². The Kier molecular flexibility index (Phi) is 8.50. The van der Waals surface area contributed by atoms with Crippen molar-refractivity contribution in [3.8, 4) is 0 Å². The van der Waals surface area contributed by atoms with Gasteiger partial charge in [0.25, 0.3) is 15.9 Å². The molecule has 4 rings (SSSR count). The largest absolute Gasteiger partial charge is 0.352 e. The van der Waals surface area contributed by atoms with Gasteiger partial charge in [0.1, 0.15) is 17.5 Å². The zero-order chi connectivity index (χ0) is 28.2. The van der Waals surface area contributed by atoms with E-state index < -0.39 is 34.4 Å². The van der Waals surface area contributed by atoms with Crippen molar-refractivity contribution in [1.29, 1.82) is 0 Å². The number of carbonyl (C=O) groups is 3. The van der Waals surface area contributed by atoms with E-state index in [2.05, 4.69) is 5.32 Å². The fraction of sp³-hybridized carbons (Fsp3) is 0.300. The zero-order valence-electron chi connectivity index (χ0n) is 22.3. The topological polar surface area (TPSA) is 104 Å². The molecule has 1 heterocycles. The van der Waals surface area contributed by atoms with Crippen LogP contribution in [0.15, 0.2) is 83.8 Å². The lowest BCUT2D eigenvalue weighted by Gasteiger charge is -2.33. The lowest BCUT2D eigenvalue weighted by Crippen LogP contribution is -2.54. The number of hydrogen-bond acceptors (Lipinski definition) is 5. The third-order valence-electron chi connectivity index (χ3n) is 7.06. The molecule has 2 atom stereocenters. The molecule has 8 nitrogen and oxygen atoms in total. The SMILES string of the molecule is CC[C@H](C)NC(=O)[C@@H](Cc1ccccc1)N(Cc1ccccc1C)C(=O)CN1C(=O)c2ccccc2S1(=O)=O. The average molecular weight is 548 g/mol. The molecule has 1 N–H and O–H groups in total. The maximum Gasteiger partial charge on any atom is 0.269 e. The first-order chi connectivity index (χ1) is 18.6. The molecule has 0 saturated heterocycles. The van der Waals surface area contributed by atoms with Crippen LogP contribution in [0.25, 0.3) is 0 Å². The molecular formula is C30H33N3O5S. The molecule has 204 valence electrons. The Morgan fingerprint density at radius 3 is 2.26 bits per heavy atom. The van der Waals surface area contributed by atoms with E-state index in [0.29, 0.717) is 10.7 Å². The molecule has 0 saturated carbocycles. The van der Waals surface area contributed by atoms with E-state index in [1.807, 2.05) is 75.4 Å². The number of benzene rings is 3. The van der Waals surface area contributed by atoms with Crippen LogP contribution in [0.3, 0.4) is 0 Å². The van der Waals surface area contributed by atoms with E-state index in [-0.39, 0.29) is 35.4 Å². The van der Waals surface area contributed by atoms with E-state index in [9.17, 15) is 22.8 Å². The van der Waals surface area contributed by atoms with Gasteiger partial charge in [0.2, 0.25) is 11.8 Å². The van der Waals surface area contributed by atoms with Gasteiger partial charge in [-0.25, -0.2) is 12.7 Å². The van der Waals surface area contributed by atoms with Crippen molar-refractivity contribution >= 4 is 27.7 Å². The maximum atomic E-state index is 14.0. The van der Waals surface area contributed by atoms with Crippen LogP contribution in [-0.2, 0) is 32.6 Å². The first kappa shape index (κ1) is 28.0. The summed E-state index contributed by atoms with van der Waals surface area (Å²) in [4.78, 5) is 42.0. The van der Waals surface area contributed by atoms with Crippen LogP contribution >= 0.6 is 0 Å². The summed E-state index contributed by atoms with van der Waals surface area (Å²) < 4.78 is 27.0. The van der Waals surface area contributed by atoms with E-state index in [4.69, 9.17) is 0 Å². The van der Waals surface area contributed by atoms with Gasteiger partial charge in [0.05, 0.1) is 5.56 Å². The van der Waals surface area contributed by atoms with E-state index in [1.165, 1.54) is 23.1 Å². The summed E-state index contributed by atoms with van der Waals surface area (Å²) in [6, 6.07) is 21.7. The van der Waals surface area contributed by atoms with Crippen LogP contribution < -0.4 is 5.32 Å². The quantitative estimate of drug-likeness (QED) is 0.417. The van der Waals surface area contributed by atoms with Crippen LogP contribution in [-0.4, -0.2) is 54.0 Å². The maximum absolute atomic E-state index is 14.0. The molecule has 3 amide bonds.